The summed E-state index contributed by atoms with van der Waals surface area (Å²) >= 11 is 0. The molecule has 0 aromatic heterocycles. The third-order valence-electron chi connectivity index (χ3n) is 17.6. The lowest BCUT2D eigenvalue weighted by atomic mass is 9.85. The molecule has 2 aliphatic heterocycles. The van der Waals surface area contributed by atoms with Crippen LogP contribution in [0.25, 0.3) is 0 Å². The van der Waals surface area contributed by atoms with Gasteiger partial charge in [-0.2, -0.15) is 0 Å². The summed E-state index contributed by atoms with van der Waals surface area (Å²) < 4.78 is 13.3. The SMILES string of the molecule is CC[C@@H](C)C(=O)N[C@H](C(=O)N1C[C@@H](Oc2cccc(CCCCc3cccc(O[C@H]4C[C@@H](C(=O)N[C@@H]5CCCc6ccccc65)N(C(=O)[C@@H](NC(=O)[C@H](C)CC)C(C)(C)C)C4)c3)c2)C[C@H]1C(=O)N[C@@H]1CCCc2ccccc21)C(C)(C)C. The van der Waals surface area contributed by atoms with Gasteiger partial charge in [-0.3, -0.25) is 28.8 Å². The molecule has 14 nitrogen and oxygen atoms in total. The minimum atomic E-state index is -0.839. The second kappa shape index (κ2) is 27.1. The molecule has 0 unspecified atom stereocenters. The third-order valence-corrected chi connectivity index (χ3v) is 17.6. The van der Waals surface area contributed by atoms with Crippen molar-refractivity contribution in [2.24, 2.45) is 22.7 Å². The van der Waals surface area contributed by atoms with E-state index < -0.39 is 47.2 Å². The molecule has 4 aliphatic rings. The van der Waals surface area contributed by atoms with E-state index >= 15 is 0 Å². The van der Waals surface area contributed by atoms with Crippen LogP contribution in [0.4, 0.5) is 0 Å². The molecule has 8 rings (SSSR count). The predicted molar refractivity (Wildman–Crippen MR) is 321 cm³/mol. The number of carbonyl (C=O) groups is 6. The normalized spacial score (nSPS) is 22.1. The first-order valence-electron chi connectivity index (χ1n) is 30.6. The van der Waals surface area contributed by atoms with Crippen molar-refractivity contribution in [3.63, 3.8) is 0 Å². The van der Waals surface area contributed by atoms with E-state index in [0.717, 1.165) is 86.5 Å². The van der Waals surface area contributed by atoms with Crippen molar-refractivity contribution in [3.8, 4) is 11.5 Å². The maximum Gasteiger partial charge on any atom is 0.246 e. The summed E-state index contributed by atoms with van der Waals surface area (Å²) in [5.41, 5.74) is 5.71. The summed E-state index contributed by atoms with van der Waals surface area (Å²) in [7, 11) is 0. The van der Waals surface area contributed by atoms with Gasteiger partial charge in [0.1, 0.15) is 47.9 Å². The number of unbranched alkanes of at least 4 members (excludes halogenated alkanes) is 1. The van der Waals surface area contributed by atoms with Crippen LogP contribution in [0.5, 0.6) is 11.5 Å². The molecule has 0 radical (unpaired) electrons. The molecule has 82 heavy (non-hydrogen) atoms. The zero-order valence-corrected chi connectivity index (χ0v) is 50.5. The lowest BCUT2D eigenvalue weighted by molar-refractivity contribution is -0.144. The monoisotopic (exact) mass is 1120 g/mol. The first-order chi connectivity index (χ1) is 39.1. The van der Waals surface area contributed by atoms with Gasteiger partial charge in [-0.1, -0.05) is 142 Å². The fourth-order valence-corrected chi connectivity index (χ4v) is 12.3. The number of aryl methyl sites for hydroxylation is 4. The van der Waals surface area contributed by atoms with Crippen LogP contribution < -0.4 is 30.7 Å². The zero-order valence-electron chi connectivity index (χ0n) is 50.5. The Morgan fingerprint density at radius 3 is 1.32 bits per heavy atom. The van der Waals surface area contributed by atoms with E-state index in [0.29, 0.717) is 37.2 Å². The lowest BCUT2D eigenvalue weighted by Crippen LogP contribution is -2.58. The predicted octanol–water partition coefficient (Wildman–Crippen LogP) is 10.5. The van der Waals surface area contributed by atoms with Crippen LogP contribution in [0, 0.1) is 22.7 Å². The summed E-state index contributed by atoms with van der Waals surface area (Å²) in [5, 5.41) is 12.8. The van der Waals surface area contributed by atoms with Gasteiger partial charge >= 0.3 is 0 Å². The van der Waals surface area contributed by atoms with Gasteiger partial charge in [-0.15, -0.1) is 0 Å². The zero-order chi connectivity index (χ0) is 58.9. The number of rotatable bonds is 21. The second-order valence-corrected chi connectivity index (χ2v) is 26.0. The van der Waals surface area contributed by atoms with Crippen molar-refractivity contribution < 1.29 is 38.2 Å². The number of benzene rings is 4. The first-order valence-corrected chi connectivity index (χ1v) is 30.6. The molecular weight excluding hydrogens is 1030 g/mol. The van der Waals surface area contributed by atoms with Crippen molar-refractivity contribution in [1.82, 2.24) is 31.1 Å². The Kier molecular flexibility index (Phi) is 20.3. The van der Waals surface area contributed by atoms with Crippen molar-refractivity contribution in [2.45, 2.75) is 208 Å². The number of hydrogen-bond donors (Lipinski definition) is 4. The minimum absolute atomic E-state index is 0.155. The molecule has 10 atom stereocenters. The van der Waals surface area contributed by atoms with E-state index in [1.807, 2.05) is 118 Å². The van der Waals surface area contributed by atoms with Gasteiger partial charge in [0.05, 0.1) is 25.2 Å². The van der Waals surface area contributed by atoms with Gasteiger partial charge in [0.2, 0.25) is 35.4 Å². The molecule has 2 aliphatic carbocycles. The van der Waals surface area contributed by atoms with Crippen molar-refractivity contribution in [3.05, 3.63) is 130 Å². The van der Waals surface area contributed by atoms with E-state index in [9.17, 15) is 28.8 Å². The topological polar surface area (TPSA) is 175 Å². The molecule has 4 aromatic carbocycles. The summed E-state index contributed by atoms with van der Waals surface area (Å²) in [5.74, 6) is -0.539. The number of hydrogen-bond acceptors (Lipinski definition) is 8. The van der Waals surface area contributed by atoms with E-state index in [1.165, 1.54) is 11.1 Å². The summed E-state index contributed by atoms with van der Waals surface area (Å²) in [6, 6.07) is 29.1. The highest BCUT2D eigenvalue weighted by molar-refractivity contribution is 5.95. The van der Waals surface area contributed by atoms with E-state index in [2.05, 4.69) is 69.8 Å². The Morgan fingerprint density at radius 1 is 0.549 bits per heavy atom. The lowest BCUT2D eigenvalue weighted by Gasteiger charge is -2.36. The van der Waals surface area contributed by atoms with Gasteiger partial charge in [0.25, 0.3) is 0 Å². The average molecular weight is 1120 g/mol. The molecule has 0 bridgehead atoms. The number of likely N-dealkylation sites (tertiary alicyclic amines) is 2. The maximum absolute atomic E-state index is 14.7. The molecule has 0 saturated carbocycles. The highest BCUT2D eigenvalue weighted by Crippen LogP contribution is 2.35. The van der Waals surface area contributed by atoms with Crippen LogP contribution in [-0.2, 0) is 54.5 Å². The quantitative estimate of drug-likeness (QED) is 0.0596. The fraction of sp³-hybridized carbons (Fsp3) is 0.559. The van der Waals surface area contributed by atoms with E-state index in [-0.39, 0.29) is 72.5 Å². The molecule has 6 amide bonds. The van der Waals surface area contributed by atoms with Crippen molar-refractivity contribution in [2.75, 3.05) is 13.1 Å². The molecule has 2 heterocycles. The summed E-state index contributed by atoms with van der Waals surface area (Å²) in [6.07, 6.45) is 9.94. The van der Waals surface area contributed by atoms with Crippen molar-refractivity contribution in [1.29, 1.82) is 0 Å². The number of carbonyl (C=O) groups excluding carboxylic acids is 6. The average Bonchev–Trinajstić information content (AvgIpc) is 4.12. The molecule has 442 valence electrons. The Morgan fingerprint density at radius 2 is 0.939 bits per heavy atom. The molecule has 14 heteroatoms. The number of ether oxygens (including phenoxy) is 2. The summed E-state index contributed by atoms with van der Waals surface area (Å²) in [6.45, 7) is 19.7. The number of amides is 6. The molecule has 2 fully saturated rings. The molecule has 4 aromatic rings. The van der Waals surface area contributed by atoms with E-state index in [4.69, 9.17) is 9.47 Å². The Hall–Kier alpha value is -6.70. The molecule has 4 N–H and O–H groups in total. The van der Waals surface area contributed by atoms with Crippen LogP contribution in [0.15, 0.2) is 97.1 Å². The summed E-state index contributed by atoms with van der Waals surface area (Å²) in [4.78, 5) is 88.2. The number of nitrogens with zero attached hydrogens (tertiary/aromatic N) is 2. The van der Waals surface area contributed by atoms with Gasteiger partial charge in [0.15, 0.2) is 0 Å². The maximum atomic E-state index is 14.7. The van der Waals surface area contributed by atoms with Gasteiger partial charge in [0, 0.05) is 24.7 Å². The first kappa shape index (κ1) is 61.4. The van der Waals surface area contributed by atoms with Crippen LogP contribution in [0.2, 0.25) is 0 Å². The Labute approximate surface area is 488 Å². The van der Waals surface area contributed by atoms with Crippen LogP contribution in [0.1, 0.15) is 179 Å². The van der Waals surface area contributed by atoms with Crippen LogP contribution >= 0.6 is 0 Å². The van der Waals surface area contributed by atoms with E-state index in [1.54, 1.807) is 9.80 Å². The second-order valence-electron chi connectivity index (χ2n) is 26.0. The smallest absolute Gasteiger partial charge is 0.246 e. The van der Waals surface area contributed by atoms with Crippen molar-refractivity contribution >= 4 is 35.4 Å². The van der Waals surface area contributed by atoms with Crippen LogP contribution in [0.3, 0.4) is 0 Å². The minimum Gasteiger partial charge on any atom is -0.488 e. The third kappa shape index (κ3) is 15.3. The fourth-order valence-electron chi connectivity index (χ4n) is 12.3. The van der Waals surface area contributed by atoms with Gasteiger partial charge < -0.3 is 40.5 Å². The highest BCUT2D eigenvalue weighted by atomic mass is 16.5. The van der Waals surface area contributed by atoms with Gasteiger partial charge in [-0.25, -0.2) is 0 Å². The van der Waals surface area contributed by atoms with Gasteiger partial charge in [-0.05, 0) is 146 Å². The van der Waals surface area contributed by atoms with Crippen LogP contribution in [-0.4, -0.2) is 94.7 Å². The molecule has 0 spiro atoms. The highest BCUT2D eigenvalue weighted by Gasteiger charge is 2.48. The largest absolute Gasteiger partial charge is 0.488 e. The Bertz CT molecular complexity index is 2700. The number of nitrogens with one attached hydrogen (secondary N) is 4. The standard InChI is InChI=1S/C68H92N6O8/c1-11-43(3)61(75)71-59(67(5,6)7)65(79)73-41-51(39-57(73)63(77)69-55-35-21-29-47-27-15-17-33-53(47)55)81-49-31-19-25-45(37-49)23-13-14-24-46-26-20-32-50(38-46)82-52-40-58(64(78)70-56-36-22-30-48-28-16-18-34-54(48)56)74(42-52)66(80)60(68(8,9)10)72-62(76)44(4)12-2/h15-20,25-28,31-34,37-38,43-44,51-52,55-60H,11-14,21-24,29-30,35-36,39-42H2,1-10H3,(H,69,77)(H,70,78)(H,71,75)(H,72,76)/t43-,44-,51+,52+,55-,56-,57+,58+,59-,60-/m1/s1. The number of fused-ring (bicyclic) bond motifs is 2. The molecular formula is C68H92N6O8. The molecule has 2 saturated heterocycles. The Balaban J connectivity index is 0.901.